The molecule has 5 aliphatic rings. The van der Waals surface area contributed by atoms with Crippen LogP contribution in [0.3, 0.4) is 0 Å². The summed E-state index contributed by atoms with van der Waals surface area (Å²) in [6, 6.07) is 0. The molecule has 0 bridgehead atoms. The molecular weight excluding hydrogens is 372 g/mol. The summed E-state index contributed by atoms with van der Waals surface area (Å²) in [5.41, 5.74) is 0.904. The smallest absolute Gasteiger partial charge is 0.309 e. The fourth-order valence-electron chi connectivity index (χ4n) is 8.83. The van der Waals surface area contributed by atoms with Gasteiger partial charge in [-0.05, 0) is 105 Å². The van der Waals surface area contributed by atoms with Crippen LogP contribution in [-0.2, 0) is 14.3 Å². The lowest BCUT2D eigenvalue weighted by Gasteiger charge is -2.60. The Kier molecular flexibility index (Phi) is 6.39. The number of carbonyl (C=O) groups excluding carboxylic acids is 2. The van der Waals surface area contributed by atoms with Crippen molar-refractivity contribution in [3.05, 3.63) is 0 Å². The van der Waals surface area contributed by atoms with E-state index in [1.54, 1.807) is 0 Å². The minimum atomic E-state index is 0.0569. The Morgan fingerprint density at radius 2 is 1.63 bits per heavy atom. The summed E-state index contributed by atoms with van der Waals surface area (Å²) in [6.45, 7) is 9.78. The minimum absolute atomic E-state index is 0.0569. The van der Waals surface area contributed by atoms with E-state index in [2.05, 4.69) is 13.8 Å². The van der Waals surface area contributed by atoms with Gasteiger partial charge in [0.2, 0.25) is 0 Å². The van der Waals surface area contributed by atoms with Crippen molar-refractivity contribution in [1.29, 1.82) is 0 Å². The summed E-state index contributed by atoms with van der Waals surface area (Å²) in [6.07, 6.45) is 14.2. The molecule has 8 atom stereocenters. The fourth-order valence-corrected chi connectivity index (χ4v) is 8.83. The molecule has 0 spiro atoms. The highest BCUT2D eigenvalue weighted by molar-refractivity contribution is 5.79. The average molecular weight is 417 g/mol. The zero-order valence-corrected chi connectivity index (χ0v) is 19.9. The first-order valence-electron chi connectivity index (χ1n) is 13.1. The highest BCUT2D eigenvalue weighted by Gasteiger charge is 2.59. The van der Waals surface area contributed by atoms with Gasteiger partial charge in [-0.3, -0.25) is 9.59 Å². The molecule has 30 heavy (non-hydrogen) atoms. The Labute approximate surface area is 184 Å². The van der Waals surface area contributed by atoms with E-state index in [1.165, 1.54) is 44.9 Å². The lowest BCUT2D eigenvalue weighted by molar-refractivity contribution is -0.141. The van der Waals surface area contributed by atoms with E-state index in [0.29, 0.717) is 29.1 Å². The van der Waals surface area contributed by atoms with Gasteiger partial charge < -0.3 is 4.74 Å². The first-order valence-corrected chi connectivity index (χ1v) is 13.1. The lowest BCUT2D eigenvalue weighted by Crippen LogP contribution is -2.53. The molecule has 0 amide bonds. The maximum absolute atomic E-state index is 12.1. The average Bonchev–Trinajstić information content (AvgIpc) is 3.30. The lowest BCUT2D eigenvalue weighted by atomic mass is 9.44. The van der Waals surface area contributed by atoms with Gasteiger partial charge in [0, 0.05) is 12.8 Å². The SMILES string of the molecule is CC.CC12CCC3C(CCC4CC(=O)CCC43C)C1CCC2CCC1CCOC1=O. The molecule has 1 heterocycles. The number of cyclic esters (lactones) is 1. The summed E-state index contributed by atoms with van der Waals surface area (Å²) < 4.78 is 5.19. The van der Waals surface area contributed by atoms with E-state index in [-0.39, 0.29) is 11.9 Å². The van der Waals surface area contributed by atoms with Gasteiger partial charge in [-0.15, -0.1) is 0 Å². The van der Waals surface area contributed by atoms with Gasteiger partial charge in [-0.2, -0.15) is 0 Å². The Hall–Kier alpha value is -0.860. The van der Waals surface area contributed by atoms with Crippen LogP contribution in [0.25, 0.3) is 0 Å². The molecule has 1 saturated heterocycles. The number of Topliss-reactive ketones (excluding diaryl/α,β-unsaturated/α-hetero) is 1. The summed E-state index contributed by atoms with van der Waals surface area (Å²) in [4.78, 5) is 23.9. The first kappa shape index (κ1) is 22.3. The van der Waals surface area contributed by atoms with Crippen LogP contribution >= 0.6 is 0 Å². The molecule has 3 heteroatoms. The predicted molar refractivity (Wildman–Crippen MR) is 120 cm³/mol. The monoisotopic (exact) mass is 416 g/mol. The largest absolute Gasteiger partial charge is 0.465 e. The number of carbonyl (C=O) groups is 2. The van der Waals surface area contributed by atoms with Crippen molar-refractivity contribution in [2.24, 2.45) is 46.3 Å². The van der Waals surface area contributed by atoms with E-state index >= 15 is 0 Å². The van der Waals surface area contributed by atoms with Crippen LogP contribution in [0.1, 0.15) is 105 Å². The van der Waals surface area contributed by atoms with Crippen molar-refractivity contribution in [2.75, 3.05) is 6.61 Å². The van der Waals surface area contributed by atoms with Gasteiger partial charge >= 0.3 is 5.97 Å². The van der Waals surface area contributed by atoms with Crippen molar-refractivity contribution >= 4 is 11.8 Å². The van der Waals surface area contributed by atoms with Gasteiger partial charge in [-0.1, -0.05) is 27.7 Å². The second-order valence-corrected chi connectivity index (χ2v) is 11.4. The molecular formula is C27H44O3. The van der Waals surface area contributed by atoms with Crippen molar-refractivity contribution in [3.8, 4) is 0 Å². The van der Waals surface area contributed by atoms with E-state index in [1.807, 2.05) is 13.8 Å². The second-order valence-electron chi connectivity index (χ2n) is 11.4. The highest BCUT2D eigenvalue weighted by Crippen LogP contribution is 2.67. The van der Waals surface area contributed by atoms with Crippen LogP contribution in [0.5, 0.6) is 0 Å². The third-order valence-electron chi connectivity index (χ3n) is 10.6. The number of ketones is 1. The van der Waals surface area contributed by atoms with Crippen LogP contribution < -0.4 is 0 Å². The summed E-state index contributed by atoms with van der Waals surface area (Å²) in [5, 5.41) is 0. The second kappa shape index (κ2) is 8.58. The van der Waals surface area contributed by atoms with E-state index in [9.17, 15) is 9.59 Å². The van der Waals surface area contributed by atoms with Crippen LogP contribution in [0.4, 0.5) is 0 Å². The summed E-state index contributed by atoms with van der Waals surface area (Å²) in [7, 11) is 0. The molecule has 0 aromatic heterocycles. The predicted octanol–water partition coefficient (Wildman–Crippen LogP) is 6.58. The molecule has 1 aliphatic heterocycles. The van der Waals surface area contributed by atoms with Gasteiger partial charge in [0.05, 0.1) is 12.5 Å². The van der Waals surface area contributed by atoms with E-state index < -0.39 is 0 Å². The number of ether oxygens (including phenoxy) is 1. The van der Waals surface area contributed by atoms with Gasteiger partial charge in [0.25, 0.3) is 0 Å². The minimum Gasteiger partial charge on any atom is -0.465 e. The molecule has 4 aliphatic carbocycles. The highest BCUT2D eigenvalue weighted by atomic mass is 16.5. The van der Waals surface area contributed by atoms with Crippen molar-refractivity contribution in [1.82, 2.24) is 0 Å². The Bertz CT molecular complexity index is 656. The zero-order valence-electron chi connectivity index (χ0n) is 19.9. The molecule has 170 valence electrons. The van der Waals surface area contributed by atoms with E-state index in [0.717, 1.165) is 55.8 Å². The Morgan fingerprint density at radius 3 is 2.37 bits per heavy atom. The number of esters is 1. The third kappa shape index (κ3) is 3.56. The molecule has 5 fully saturated rings. The van der Waals surface area contributed by atoms with Gasteiger partial charge in [0.15, 0.2) is 0 Å². The summed E-state index contributed by atoms with van der Waals surface area (Å²) in [5.74, 6) is 4.82. The van der Waals surface area contributed by atoms with Crippen LogP contribution in [0.2, 0.25) is 0 Å². The molecule has 4 saturated carbocycles. The van der Waals surface area contributed by atoms with Crippen LogP contribution in [0.15, 0.2) is 0 Å². The number of hydrogen-bond acceptors (Lipinski definition) is 3. The number of fused-ring (bicyclic) bond motifs is 5. The Morgan fingerprint density at radius 1 is 0.867 bits per heavy atom. The number of rotatable bonds is 3. The maximum Gasteiger partial charge on any atom is 0.309 e. The van der Waals surface area contributed by atoms with E-state index in [4.69, 9.17) is 4.74 Å². The van der Waals surface area contributed by atoms with Crippen LogP contribution in [-0.4, -0.2) is 18.4 Å². The maximum atomic E-state index is 12.1. The van der Waals surface area contributed by atoms with Gasteiger partial charge in [-0.25, -0.2) is 0 Å². The molecule has 5 rings (SSSR count). The van der Waals surface area contributed by atoms with Crippen molar-refractivity contribution < 1.29 is 14.3 Å². The van der Waals surface area contributed by atoms with Gasteiger partial charge in [0.1, 0.15) is 5.78 Å². The molecule has 0 N–H and O–H groups in total. The fraction of sp³-hybridized carbons (Fsp3) is 0.926. The molecule has 0 radical (unpaired) electrons. The molecule has 0 aromatic rings. The molecule has 8 unspecified atom stereocenters. The molecule has 0 aromatic carbocycles. The first-order chi connectivity index (χ1) is 14.4. The molecule has 3 nitrogen and oxygen atoms in total. The topological polar surface area (TPSA) is 43.4 Å². The van der Waals surface area contributed by atoms with Crippen molar-refractivity contribution in [2.45, 2.75) is 105 Å². The standard InChI is InChI=1S/C25H38O3.C2H6/c1-24-13-10-22-20(7-5-18-15-19(26)9-12-25(18,22)2)21(24)8-6-17(24)4-3-16-11-14-28-23(16)27;1-2/h16-18,20-22H,3-15H2,1-2H3;1-2H3. The van der Waals surface area contributed by atoms with Crippen LogP contribution in [0, 0.1) is 46.3 Å². The Balaban J connectivity index is 0.00000106. The zero-order chi connectivity index (χ0) is 21.5. The summed E-state index contributed by atoms with van der Waals surface area (Å²) >= 11 is 0. The van der Waals surface area contributed by atoms with Crippen molar-refractivity contribution in [3.63, 3.8) is 0 Å². The third-order valence-corrected chi connectivity index (χ3v) is 10.6. The normalized spacial score (nSPS) is 47.5. The quantitative estimate of drug-likeness (QED) is 0.488. The number of hydrogen-bond donors (Lipinski definition) is 0.